The Kier molecular flexibility index (Phi) is 4.94. The molecule has 1 atom stereocenters. The molecular formula is C17H32O2. The second-order valence-corrected chi connectivity index (χ2v) is 7.92. The molecule has 0 aromatic rings. The summed E-state index contributed by atoms with van der Waals surface area (Å²) in [7, 11) is 0. The monoisotopic (exact) mass is 268 g/mol. The van der Waals surface area contributed by atoms with E-state index < -0.39 is 0 Å². The van der Waals surface area contributed by atoms with E-state index in [2.05, 4.69) is 27.7 Å². The Balaban J connectivity index is 1.85. The lowest BCUT2D eigenvalue weighted by molar-refractivity contribution is 0.0125. The fourth-order valence-electron chi connectivity index (χ4n) is 3.68. The largest absolute Gasteiger partial charge is 0.381 e. The highest BCUT2D eigenvalue weighted by Crippen LogP contribution is 2.44. The summed E-state index contributed by atoms with van der Waals surface area (Å²) in [4.78, 5) is 0. The Bertz CT molecular complexity index is 271. The second kappa shape index (κ2) is 6.13. The first-order valence-corrected chi connectivity index (χ1v) is 8.07. The van der Waals surface area contributed by atoms with Crippen LogP contribution in [0.1, 0.15) is 59.8 Å². The van der Waals surface area contributed by atoms with E-state index in [1.165, 1.54) is 32.1 Å². The Morgan fingerprint density at radius 2 is 1.21 bits per heavy atom. The van der Waals surface area contributed by atoms with E-state index in [1.807, 2.05) is 0 Å². The molecule has 2 fully saturated rings. The van der Waals surface area contributed by atoms with Gasteiger partial charge in [-0.2, -0.15) is 0 Å². The van der Waals surface area contributed by atoms with Crippen molar-refractivity contribution in [1.82, 2.24) is 0 Å². The maximum Gasteiger partial charge on any atom is 0.0500 e. The molecule has 0 aliphatic carbocycles. The van der Waals surface area contributed by atoms with E-state index >= 15 is 0 Å². The summed E-state index contributed by atoms with van der Waals surface area (Å²) >= 11 is 0. The second-order valence-electron chi connectivity index (χ2n) is 7.92. The average molecular weight is 268 g/mol. The van der Waals surface area contributed by atoms with Crippen LogP contribution in [0.3, 0.4) is 0 Å². The van der Waals surface area contributed by atoms with Gasteiger partial charge in [0, 0.05) is 26.4 Å². The first kappa shape index (κ1) is 15.3. The summed E-state index contributed by atoms with van der Waals surface area (Å²) in [5.74, 6) is 1.61. The van der Waals surface area contributed by atoms with Crippen molar-refractivity contribution in [3.63, 3.8) is 0 Å². The molecule has 2 aliphatic heterocycles. The van der Waals surface area contributed by atoms with Crippen LogP contribution < -0.4 is 0 Å². The van der Waals surface area contributed by atoms with Crippen LogP contribution in [0.5, 0.6) is 0 Å². The molecule has 2 heteroatoms. The minimum Gasteiger partial charge on any atom is -0.381 e. The smallest absolute Gasteiger partial charge is 0.0500 e. The van der Waals surface area contributed by atoms with Crippen molar-refractivity contribution in [2.24, 2.45) is 22.7 Å². The fraction of sp³-hybridized carbons (Fsp3) is 1.00. The normalized spacial score (nSPS) is 26.8. The van der Waals surface area contributed by atoms with Crippen LogP contribution in [-0.2, 0) is 9.47 Å². The number of hydrogen-bond acceptors (Lipinski definition) is 2. The van der Waals surface area contributed by atoms with Gasteiger partial charge in [0.05, 0.1) is 0 Å². The predicted octanol–water partition coefficient (Wildman–Crippen LogP) is 4.28. The minimum atomic E-state index is 0.430. The molecule has 2 aliphatic rings. The van der Waals surface area contributed by atoms with Gasteiger partial charge in [0.25, 0.3) is 0 Å². The molecule has 2 rings (SSSR count). The SMILES string of the molecule is CC(C)(CCC(C)(C)C1CCOC1)C1CCOCC1. The topological polar surface area (TPSA) is 18.5 Å². The average Bonchev–Trinajstić information content (AvgIpc) is 2.93. The molecule has 2 saturated heterocycles. The molecule has 19 heavy (non-hydrogen) atoms. The van der Waals surface area contributed by atoms with Crippen LogP contribution >= 0.6 is 0 Å². The van der Waals surface area contributed by atoms with Crippen molar-refractivity contribution in [2.45, 2.75) is 59.8 Å². The first-order valence-electron chi connectivity index (χ1n) is 8.07. The van der Waals surface area contributed by atoms with Crippen LogP contribution in [0.4, 0.5) is 0 Å². The third kappa shape index (κ3) is 3.95. The lowest BCUT2D eigenvalue weighted by Crippen LogP contribution is -2.33. The van der Waals surface area contributed by atoms with E-state index in [0.29, 0.717) is 10.8 Å². The molecule has 112 valence electrons. The molecular weight excluding hydrogens is 236 g/mol. The van der Waals surface area contributed by atoms with Gasteiger partial charge in [0.2, 0.25) is 0 Å². The number of rotatable bonds is 5. The molecule has 2 nitrogen and oxygen atoms in total. The summed E-state index contributed by atoms with van der Waals surface area (Å²) in [6.07, 6.45) is 6.41. The Labute approximate surface area is 119 Å². The van der Waals surface area contributed by atoms with Crippen molar-refractivity contribution >= 4 is 0 Å². The Hall–Kier alpha value is -0.0800. The standard InChI is InChI=1S/C17H32O2/c1-16(2,14-5-10-18-11-6-14)8-9-17(3,4)15-7-12-19-13-15/h14-15H,5-13H2,1-4H3. The van der Waals surface area contributed by atoms with Crippen molar-refractivity contribution in [2.75, 3.05) is 26.4 Å². The predicted molar refractivity (Wildman–Crippen MR) is 79.3 cm³/mol. The van der Waals surface area contributed by atoms with E-state index in [4.69, 9.17) is 9.47 Å². The zero-order chi connectivity index (χ0) is 13.9. The van der Waals surface area contributed by atoms with Gasteiger partial charge in [-0.1, -0.05) is 27.7 Å². The van der Waals surface area contributed by atoms with Crippen molar-refractivity contribution in [3.8, 4) is 0 Å². The molecule has 0 bridgehead atoms. The Morgan fingerprint density at radius 3 is 1.74 bits per heavy atom. The van der Waals surface area contributed by atoms with Crippen LogP contribution in [0.15, 0.2) is 0 Å². The maximum absolute atomic E-state index is 5.58. The van der Waals surface area contributed by atoms with Crippen LogP contribution in [0.25, 0.3) is 0 Å². The lowest BCUT2D eigenvalue weighted by Gasteiger charge is -2.40. The highest BCUT2D eigenvalue weighted by molar-refractivity contribution is 4.86. The van der Waals surface area contributed by atoms with E-state index in [1.54, 1.807) is 0 Å². The van der Waals surface area contributed by atoms with E-state index in [0.717, 1.165) is 38.3 Å². The van der Waals surface area contributed by atoms with Crippen molar-refractivity contribution in [1.29, 1.82) is 0 Å². The van der Waals surface area contributed by atoms with E-state index in [9.17, 15) is 0 Å². The molecule has 0 spiro atoms. The molecule has 0 N–H and O–H groups in total. The summed E-state index contributed by atoms with van der Waals surface area (Å²) < 4.78 is 11.1. The molecule has 1 unspecified atom stereocenters. The van der Waals surface area contributed by atoms with Gasteiger partial charge in [-0.25, -0.2) is 0 Å². The van der Waals surface area contributed by atoms with Gasteiger partial charge >= 0.3 is 0 Å². The van der Waals surface area contributed by atoms with Crippen molar-refractivity contribution < 1.29 is 9.47 Å². The highest BCUT2D eigenvalue weighted by Gasteiger charge is 2.36. The van der Waals surface area contributed by atoms with Gasteiger partial charge in [-0.05, 0) is 54.8 Å². The fourth-order valence-corrected chi connectivity index (χ4v) is 3.68. The molecule has 0 aromatic heterocycles. The van der Waals surface area contributed by atoms with Crippen LogP contribution in [0, 0.1) is 22.7 Å². The Morgan fingerprint density at radius 1 is 0.737 bits per heavy atom. The minimum absolute atomic E-state index is 0.430. The van der Waals surface area contributed by atoms with Gasteiger partial charge in [0.1, 0.15) is 0 Å². The lowest BCUT2D eigenvalue weighted by atomic mass is 9.66. The van der Waals surface area contributed by atoms with Crippen LogP contribution in [-0.4, -0.2) is 26.4 Å². The van der Waals surface area contributed by atoms with Gasteiger partial charge in [-0.15, -0.1) is 0 Å². The molecule has 0 radical (unpaired) electrons. The summed E-state index contributed by atoms with van der Waals surface area (Å²) in [6.45, 7) is 13.7. The maximum atomic E-state index is 5.58. The van der Waals surface area contributed by atoms with Crippen molar-refractivity contribution in [3.05, 3.63) is 0 Å². The summed E-state index contributed by atoms with van der Waals surface area (Å²) in [6, 6.07) is 0. The molecule has 0 amide bonds. The summed E-state index contributed by atoms with van der Waals surface area (Å²) in [5, 5.41) is 0. The number of hydrogen-bond donors (Lipinski definition) is 0. The van der Waals surface area contributed by atoms with Gasteiger partial charge in [0.15, 0.2) is 0 Å². The zero-order valence-electron chi connectivity index (χ0n) is 13.3. The third-order valence-electron chi connectivity index (χ3n) is 5.78. The third-order valence-corrected chi connectivity index (χ3v) is 5.78. The quantitative estimate of drug-likeness (QED) is 0.741. The molecule has 0 saturated carbocycles. The zero-order valence-corrected chi connectivity index (χ0v) is 13.3. The van der Waals surface area contributed by atoms with Gasteiger partial charge in [-0.3, -0.25) is 0 Å². The number of ether oxygens (including phenoxy) is 2. The molecule has 0 aromatic carbocycles. The highest BCUT2D eigenvalue weighted by atomic mass is 16.5. The van der Waals surface area contributed by atoms with Gasteiger partial charge < -0.3 is 9.47 Å². The first-order chi connectivity index (χ1) is 8.92. The van der Waals surface area contributed by atoms with Crippen LogP contribution in [0.2, 0.25) is 0 Å². The molecule has 2 heterocycles. The van der Waals surface area contributed by atoms with E-state index in [-0.39, 0.29) is 0 Å². The summed E-state index contributed by atoms with van der Waals surface area (Å²) in [5.41, 5.74) is 0.888.